The number of hydrogen-bond donors (Lipinski definition) is 0. The van der Waals surface area contributed by atoms with Gasteiger partial charge in [-0.25, -0.2) is 9.97 Å². The molecule has 4 nitrogen and oxygen atoms in total. The first kappa shape index (κ1) is 17.9. The van der Waals surface area contributed by atoms with Crippen LogP contribution in [0, 0.1) is 6.92 Å². The van der Waals surface area contributed by atoms with E-state index in [0.29, 0.717) is 5.92 Å². The summed E-state index contributed by atoms with van der Waals surface area (Å²) in [5.74, 6) is 2.48. The topological polar surface area (TPSA) is 34.0 Å². The molecule has 0 spiro atoms. The van der Waals surface area contributed by atoms with Crippen LogP contribution in [0.1, 0.15) is 42.3 Å². The van der Waals surface area contributed by atoms with Crippen LogP contribution in [-0.4, -0.2) is 39.1 Å². The molecule has 1 atom stereocenters. The van der Waals surface area contributed by atoms with Crippen molar-refractivity contribution >= 4 is 0 Å². The zero-order valence-corrected chi connectivity index (χ0v) is 16.1. The van der Waals surface area contributed by atoms with Gasteiger partial charge in [0.05, 0.1) is 0 Å². The Hall–Kier alpha value is -2.46. The second kappa shape index (κ2) is 8.49. The van der Waals surface area contributed by atoms with E-state index in [-0.39, 0.29) is 0 Å². The predicted octanol–water partition coefficient (Wildman–Crippen LogP) is 4.39. The Morgan fingerprint density at radius 1 is 1.07 bits per heavy atom. The first-order valence-corrected chi connectivity index (χ1v) is 10.0. The van der Waals surface area contributed by atoms with Crippen LogP contribution in [-0.2, 0) is 6.42 Å². The van der Waals surface area contributed by atoms with Crippen molar-refractivity contribution in [2.75, 3.05) is 19.6 Å². The molecule has 3 aromatic rings. The van der Waals surface area contributed by atoms with Gasteiger partial charge in [-0.05, 0) is 63.4 Å². The van der Waals surface area contributed by atoms with Crippen LogP contribution in [0.5, 0.6) is 0 Å². The number of imidazole rings is 1. The minimum Gasteiger partial charge on any atom is -0.303 e. The number of piperidine rings is 1. The Bertz CT molecular complexity index is 856. The molecule has 0 amide bonds. The normalized spacial score (nSPS) is 17.9. The highest BCUT2D eigenvalue weighted by Gasteiger charge is 2.22. The molecule has 0 unspecified atom stereocenters. The zero-order valence-electron chi connectivity index (χ0n) is 16.1. The largest absolute Gasteiger partial charge is 0.303 e. The van der Waals surface area contributed by atoms with Gasteiger partial charge in [0.25, 0.3) is 0 Å². The summed E-state index contributed by atoms with van der Waals surface area (Å²) in [6, 6.07) is 17.2. The van der Waals surface area contributed by atoms with E-state index in [1.54, 1.807) is 0 Å². The van der Waals surface area contributed by atoms with Crippen molar-refractivity contribution in [3.63, 3.8) is 0 Å². The zero-order chi connectivity index (χ0) is 18.5. The van der Waals surface area contributed by atoms with Crippen molar-refractivity contribution < 1.29 is 0 Å². The van der Waals surface area contributed by atoms with Crippen LogP contribution in [0.25, 0.3) is 5.82 Å². The Kier molecular flexibility index (Phi) is 5.64. The highest BCUT2D eigenvalue weighted by Crippen LogP contribution is 2.26. The number of likely N-dealkylation sites (tertiary alicyclic amines) is 1. The number of hydrogen-bond acceptors (Lipinski definition) is 3. The number of pyridine rings is 1. The molecule has 4 rings (SSSR count). The van der Waals surface area contributed by atoms with Gasteiger partial charge in [-0.2, -0.15) is 0 Å². The first-order valence-electron chi connectivity index (χ1n) is 10.0. The van der Waals surface area contributed by atoms with Gasteiger partial charge in [0.15, 0.2) is 0 Å². The van der Waals surface area contributed by atoms with E-state index in [1.165, 1.54) is 43.6 Å². The van der Waals surface area contributed by atoms with Crippen LogP contribution < -0.4 is 0 Å². The first-order chi connectivity index (χ1) is 13.3. The van der Waals surface area contributed by atoms with Gasteiger partial charge in [0.2, 0.25) is 0 Å². The van der Waals surface area contributed by atoms with Crippen molar-refractivity contribution in [1.82, 2.24) is 19.4 Å². The van der Waals surface area contributed by atoms with E-state index in [0.717, 1.165) is 24.6 Å². The maximum Gasteiger partial charge on any atom is 0.138 e. The molecule has 1 aliphatic heterocycles. The van der Waals surface area contributed by atoms with E-state index < -0.39 is 0 Å². The molecule has 0 aliphatic carbocycles. The van der Waals surface area contributed by atoms with Crippen LogP contribution in [0.15, 0.2) is 60.9 Å². The lowest BCUT2D eigenvalue weighted by atomic mass is 9.94. The highest BCUT2D eigenvalue weighted by atomic mass is 15.1. The SMILES string of the molecule is Cc1nccn1-c1cccc([C@H]2CCCN(CCCc3ccccc3)C2)n1. The Morgan fingerprint density at radius 2 is 1.96 bits per heavy atom. The summed E-state index contributed by atoms with van der Waals surface area (Å²) in [4.78, 5) is 11.9. The Labute approximate surface area is 161 Å². The minimum atomic E-state index is 0.527. The summed E-state index contributed by atoms with van der Waals surface area (Å²) in [7, 11) is 0. The smallest absolute Gasteiger partial charge is 0.138 e. The molecule has 0 bridgehead atoms. The molecule has 1 saturated heterocycles. The lowest BCUT2D eigenvalue weighted by molar-refractivity contribution is 0.204. The molecule has 1 aliphatic rings. The van der Waals surface area contributed by atoms with Crippen LogP contribution >= 0.6 is 0 Å². The molecule has 140 valence electrons. The number of aromatic nitrogens is 3. The fraction of sp³-hybridized carbons (Fsp3) is 0.391. The van der Waals surface area contributed by atoms with E-state index >= 15 is 0 Å². The van der Waals surface area contributed by atoms with E-state index in [2.05, 4.69) is 63.0 Å². The van der Waals surface area contributed by atoms with Gasteiger partial charge in [-0.1, -0.05) is 36.4 Å². The third kappa shape index (κ3) is 4.45. The molecule has 27 heavy (non-hydrogen) atoms. The second-order valence-corrected chi connectivity index (χ2v) is 7.49. The molecule has 0 saturated carbocycles. The molecule has 2 aromatic heterocycles. The standard InChI is InChI=1S/C23H28N4/c1-19-24-14-17-27(19)23-13-5-12-22(25-23)21-11-7-16-26(18-21)15-6-10-20-8-3-2-4-9-20/h2-5,8-9,12-14,17,21H,6-7,10-11,15-16,18H2,1H3/t21-/m0/s1. The molecule has 4 heteroatoms. The van der Waals surface area contributed by atoms with E-state index in [9.17, 15) is 0 Å². The average molecular weight is 361 g/mol. The Balaban J connectivity index is 1.37. The van der Waals surface area contributed by atoms with Crippen molar-refractivity contribution in [3.05, 3.63) is 78.0 Å². The second-order valence-electron chi connectivity index (χ2n) is 7.49. The summed E-state index contributed by atoms with van der Waals surface area (Å²) >= 11 is 0. The van der Waals surface area contributed by atoms with Gasteiger partial charge in [0, 0.05) is 30.6 Å². The van der Waals surface area contributed by atoms with Crippen molar-refractivity contribution in [2.45, 2.75) is 38.5 Å². The molecule has 1 fully saturated rings. The third-order valence-corrected chi connectivity index (χ3v) is 5.53. The van der Waals surface area contributed by atoms with Crippen LogP contribution in [0.4, 0.5) is 0 Å². The molecule has 3 heterocycles. The highest BCUT2D eigenvalue weighted by molar-refractivity contribution is 5.28. The summed E-state index contributed by atoms with van der Waals surface area (Å²) in [6.07, 6.45) is 8.69. The van der Waals surface area contributed by atoms with Gasteiger partial charge < -0.3 is 4.90 Å². The molecule has 1 aromatic carbocycles. The maximum absolute atomic E-state index is 4.96. The fourth-order valence-corrected chi connectivity index (χ4v) is 4.07. The number of nitrogens with zero attached hydrogens (tertiary/aromatic N) is 4. The number of aryl methyl sites for hydroxylation is 2. The number of rotatable bonds is 6. The summed E-state index contributed by atoms with van der Waals surface area (Å²) in [6.45, 7) is 5.52. The maximum atomic E-state index is 4.96. The van der Waals surface area contributed by atoms with Crippen molar-refractivity contribution in [2.24, 2.45) is 0 Å². The van der Waals surface area contributed by atoms with Gasteiger partial charge in [0.1, 0.15) is 11.6 Å². The Morgan fingerprint density at radius 3 is 2.78 bits per heavy atom. The van der Waals surface area contributed by atoms with Crippen molar-refractivity contribution in [3.8, 4) is 5.82 Å². The van der Waals surface area contributed by atoms with Gasteiger partial charge in [-0.3, -0.25) is 4.57 Å². The monoisotopic (exact) mass is 360 g/mol. The summed E-state index contributed by atoms with van der Waals surface area (Å²) in [5.41, 5.74) is 2.66. The molecule has 0 N–H and O–H groups in total. The lowest BCUT2D eigenvalue weighted by Gasteiger charge is -2.32. The molecular weight excluding hydrogens is 332 g/mol. The van der Waals surface area contributed by atoms with Crippen LogP contribution in [0.2, 0.25) is 0 Å². The summed E-state index contributed by atoms with van der Waals surface area (Å²) in [5, 5.41) is 0. The number of benzene rings is 1. The molecular formula is C23H28N4. The van der Waals surface area contributed by atoms with Crippen molar-refractivity contribution in [1.29, 1.82) is 0 Å². The average Bonchev–Trinajstić information content (AvgIpc) is 3.15. The van der Waals surface area contributed by atoms with E-state index in [1.807, 2.05) is 19.3 Å². The van der Waals surface area contributed by atoms with Gasteiger partial charge >= 0.3 is 0 Å². The molecule has 0 radical (unpaired) electrons. The minimum absolute atomic E-state index is 0.527. The van der Waals surface area contributed by atoms with Gasteiger partial charge in [-0.15, -0.1) is 0 Å². The van der Waals surface area contributed by atoms with Crippen LogP contribution in [0.3, 0.4) is 0 Å². The quantitative estimate of drug-likeness (QED) is 0.654. The lowest BCUT2D eigenvalue weighted by Crippen LogP contribution is -2.35. The predicted molar refractivity (Wildman–Crippen MR) is 109 cm³/mol. The van der Waals surface area contributed by atoms with E-state index in [4.69, 9.17) is 4.98 Å². The summed E-state index contributed by atoms with van der Waals surface area (Å²) < 4.78 is 2.06. The fourth-order valence-electron chi connectivity index (χ4n) is 4.07. The third-order valence-electron chi connectivity index (χ3n) is 5.53.